The Kier molecular flexibility index (Phi) is 4.16. The van der Waals surface area contributed by atoms with E-state index in [1.54, 1.807) is 13.1 Å². The molecule has 1 aromatic carbocycles. The van der Waals surface area contributed by atoms with E-state index in [0.29, 0.717) is 5.58 Å². The molecular weight excluding hydrogens is 270 g/mol. The van der Waals surface area contributed by atoms with E-state index in [4.69, 9.17) is 15.4 Å². The lowest BCUT2D eigenvalue weighted by atomic mass is 10.1. The second kappa shape index (κ2) is 5.87. The normalized spacial score (nSPS) is 13.4. The van der Waals surface area contributed by atoms with Crippen molar-refractivity contribution in [2.75, 3.05) is 7.05 Å². The van der Waals surface area contributed by atoms with Crippen LogP contribution in [0, 0.1) is 6.92 Å². The number of furan rings is 1. The number of aryl methyl sites for hydroxylation is 1. The summed E-state index contributed by atoms with van der Waals surface area (Å²) in [7, 11) is 1.66. The van der Waals surface area contributed by atoms with E-state index in [9.17, 15) is 4.79 Å². The highest BCUT2D eigenvalue weighted by Gasteiger charge is 2.21. The molecule has 0 bridgehead atoms. The second-order valence-corrected chi connectivity index (χ2v) is 5.21. The molecule has 1 atom stereocenters. The molecule has 2 aromatic rings. The lowest BCUT2D eigenvalue weighted by molar-refractivity contribution is 0.0717. The maximum Gasteiger partial charge on any atom is 0.289 e. The number of oxime groups is 1. The highest BCUT2D eigenvalue weighted by molar-refractivity contribution is 5.96. The third-order valence-electron chi connectivity index (χ3n) is 3.50. The fourth-order valence-corrected chi connectivity index (χ4v) is 2.12. The molecule has 0 saturated heterocycles. The molecule has 0 aliphatic rings. The van der Waals surface area contributed by atoms with Crippen LogP contribution in [0.3, 0.4) is 0 Å². The summed E-state index contributed by atoms with van der Waals surface area (Å²) in [6.45, 7) is 3.81. The van der Waals surface area contributed by atoms with Crippen LogP contribution in [-0.4, -0.2) is 34.9 Å². The van der Waals surface area contributed by atoms with Crippen molar-refractivity contribution in [1.29, 1.82) is 0 Å². The minimum absolute atomic E-state index is 0.0855. The Morgan fingerprint density at radius 3 is 2.86 bits per heavy atom. The van der Waals surface area contributed by atoms with Gasteiger partial charge in [0.15, 0.2) is 5.76 Å². The van der Waals surface area contributed by atoms with E-state index in [1.807, 2.05) is 32.0 Å². The predicted octanol–water partition coefficient (Wildman–Crippen LogP) is 2.34. The molecule has 0 spiro atoms. The van der Waals surface area contributed by atoms with Crippen LogP contribution in [0.2, 0.25) is 0 Å². The van der Waals surface area contributed by atoms with Gasteiger partial charge in [-0.1, -0.05) is 16.8 Å². The predicted molar refractivity (Wildman–Crippen MR) is 80.5 cm³/mol. The van der Waals surface area contributed by atoms with Crippen molar-refractivity contribution in [2.45, 2.75) is 26.3 Å². The van der Waals surface area contributed by atoms with Crippen molar-refractivity contribution < 1.29 is 14.4 Å². The SMILES string of the molecule is Cc1ccc2oc(C(=O)N(C)C(C)CC(N)=NO)cc2c1. The van der Waals surface area contributed by atoms with Gasteiger partial charge in [0, 0.05) is 24.9 Å². The molecule has 21 heavy (non-hydrogen) atoms. The summed E-state index contributed by atoms with van der Waals surface area (Å²) < 4.78 is 5.59. The molecule has 1 heterocycles. The summed E-state index contributed by atoms with van der Waals surface area (Å²) >= 11 is 0. The van der Waals surface area contributed by atoms with Crippen LogP contribution in [0.5, 0.6) is 0 Å². The summed E-state index contributed by atoms with van der Waals surface area (Å²) in [5.74, 6) is 0.133. The van der Waals surface area contributed by atoms with Gasteiger partial charge in [-0.15, -0.1) is 0 Å². The third-order valence-corrected chi connectivity index (χ3v) is 3.50. The molecule has 1 unspecified atom stereocenters. The molecule has 2 rings (SSSR count). The van der Waals surface area contributed by atoms with Crippen LogP contribution in [0.4, 0.5) is 0 Å². The molecule has 0 fully saturated rings. The number of amidine groups is 1. The van der Waals surface area contributed by atoms with Crippen LogP contribution in [0.1, 0.15) is 29.5 Å². The number of carbonyl (C=O) groups excluding carboxylic acids is 1. The fourth-order valence-electron chi connectivity index (χ4n) is 2.12. The Balaban J connectivity index is 2.21. The minimum atomic E-state index is -0.234. The highest BCUT2D eigenvalue weighted by atomic mass is 16.4. The molecule has 0 aliphatic heterocycles. The smallest absolute Gasteiger partial charge is 0.289 e. The van der Waals surface area contributed by atoms with Crippen molar-refractivity contribution >= 4 is 22.7 Å². The first-order valence-corrected chi connectivity index (χ1v) is 6.66. The van der Waals surface area contributed by atoms with Crippen LogP contribution in [0.15, 0.2) is 33.8 Å². The van der Waals surface area contributed by atoms with E-state index in [1.165, 1.54) is 4.90 Å². The molecule has 0 radical (unpaired) electrons. The maximum atomic E-state index is 12.4. The first-order chi connectivity index (χ1) is 9.92. The van der Waals surface area contributed by atoms with Crippen molar-refractivity contribution in [3.05, 3.63) is 35.6 Å². The van der Waals surface area contributed by atoms with Gasteiger partial charge in [0.25, 0.3) is 5.91 Å². The average Bonchev–Trinajstić information content (AvgIpc) is 2.88. The number of hydrogen-bond donors (Lipinski definition) is 2. The number of hydrogen-bond acceptors (Lipinski definition) is 4. The van der Waals surface area contributed by atoms with Crippen LogP contribution >= 0.6 is 0 Å². The Morgan fingerprint density at radius 1 is 1.48 bits per heavy atom. The molecule has 6 heteroatoms. The number of carbonyl (C=O) groups is 1. The zero-order chi connectivity index (χ0) is 15.6. The number of rotatable bonds is 4. The number of amides is 1. The Labute approximate surface area is 122 Å². The lowest BCUT2D eigenvalue weighted by Crippen LogP contribution is -2.37. The Bertz CT molecular complexity index is 691. The van der Waals surface area contributed by atoms with Crippen LogP contribution < -0.4 is 5.73 Å². The summed E-state index contributed by atoms with van der Waals surface area (Å²) in [4.78, 5) is 13.9. The summed E-state index contributed by atoms with van der Waals surface area (Å²) in [5.41, 5.74) is 7.26. The fraction of sp³-hybridized carbons (Fsp3) is 0.333. The molecule has 6 nitrogen and oxygen atoms in total. The van der Waals surface area contributed by atoms with Crippen molar-refractivity contribution in [3.8, 4) is 0 Å². The molecule has 0 aliphatic carbocycles. The topological polar surface area (TPSA) is 92.1 Å². The number of nitrogens with zero attached hydrogens (tertiary/aromatic N) is 2. The molecule has 1 amide bonds. The van der Waals surface area contributed by atoms with E-state index in [-0.39, 0.29) is 30.0 Å². The lowest BCUT2D eigenvalue weighted by Gasteiger charge is -2.23. The van der Waals surface area contributed by atoms with Gasteiger partial charge < -0.3 is 20.3 Å². The molecule has 1 aromatic heterocycles. The van der Waals surface area contributed by atoms with Gasteiger partial charge in [0.2, 0.25) is 0 Å². The van der Waals surface area contributed by atoms with Gasteiger partial charge in [-0.05, 0) is 32.0 Å². The number of benzene rings is 1. The van der Waals surface area contributed by atoms with Gasteiger partial charge in [-0.3, -0.25) is 4.79 Å². The summed E-state index contributed by atoms with van der Waals surface area (Å²) in [6, 6.07) is 7.28. The van der Waals surface area contributed by atoms with Gasteiger partial charge in [-0.2, -0.15) is 0 Å². The number of nitrogens with two attached hydrogens (primary N) is 1. The van der Waals surface area contributed by atoms with Crippen molar-refractivity contribution in [3.63, 3.8) is 0 Å². The monoisotopic (exact) mass is 289 g/mol. The number of fused-ring (bicyclic) bond motifs is 1. The Morgan fingerprint density at radius 2 is 2.19 bits per heavy atom. The molecular formula is C15H19N3O3. The molecule has 0 saturated carbocycles. The third kappa shape index (κ3) is 3.16. The van der Waals surface area contributed by atoms with Gasteiger partial charge in [-0.25, -0.2) is 0 Å². The quantitative estimate of drug-likeness (QED) is 0.391. The van der Waals surface area contributed by atoms with Crippen molar-refractivity contribution in [2.24, 2.45) is 10.9 Å². The minimum Gasteiger partial charge on any atom is -0.451 e. The first kappa shape index (κ1) is 14.9. The van der Waals surface area contributed by atoms with E-state index >= 15 is 0 Å². The highest BCUT2D eigenvalue weighted by Crippen LogP contribution is 2.22. The maximum absolute atomic E-state index is 12.4. The standard InChI is InChI=1S/C15H19N3O3/c1-9-4-5-12-11(6-9)8-13(21-12)15(19)18(3)10(2)7-14(16)17-20/h4-6,8,10,20H,7H2,1-3H3,(H2,16,17). The van der Waals surface area contributed by atoms with Crippen molar-refractivity contribution in [1.82, 2.24) is 4.90 Å². The largest absolute Gasteiger partial charge is 0.451 e. The van der Waals surface area contributed by atoms with Gasteiger partial charge in [0.05, 0.1) is 0 Å². The average molecular weight is 289 g/mol. The summed E-state index contributed by atoms with van der Waals surface area (Å²) in [5, 5.41) is 12.4. The van der Waals surface area contributed by atoms with E-state index in [0.717, 1.165) is 10.9 Å². The van der Waals surface area contributed by atoms with Gasteiger partial charge in [0.1, 0.15) is 11.4 Å². The molecule has 3 N–H and O–H groups in total. The van der Waals surface area contributed by atoms with Crippen LogP contribution in [-0.2, 0) is 0 Å². The van der Waals surface area contributed by atoms with E-state index in [2.05, 4.69) is 5.16 Å². The zero-order valence-corrected chi connectivity index (χ0v) is 12.3. The zero-order valence-electron chi connectivity index (χ0n) is 12.3. The molecule has 112 valence electrons. The van der Waals surface area contributed by atoms with Crippen LogP contribution in [0.25, 0.3) is 11.0 Å². The Hall–Kier alpha value is -2.50. The second-order valence-electron chi connectivity index (χ2n) is 5.21. The first-order valence-electron chi connectivity index (χ1n) is 6.66. The summed E-state index contributed by atoms with van der Waals surface area (Å²) in [6.07, 6.45) is 0.290. The van der Waals surface area contributed by atoms with Gasteiger partial charge >= 0.3 is 0 Å². The van der Waals surface area contributed by atoms with E-state index < -0.39 is 0 Å².